The van der Waals surface area contributed by atoms with Crippen molar-refractivity contribution in [3.63, 3.8) is 0 Å². The molecule has 1 aliphatic carbocycles. The van der Waals surface area contributed by atoms with E-state index in [1.165, 1.54) is 12.8 Å². The SMILES string of the molecule is Cc1ccc(C(=O)Nc2ccc(OCC3CC3)cc2)cc1-c1ccc2nc(NCCCN3CCOCC3)ncc2c1. The Morgan fingerprint density at radius 1 is 1.05 bits per heavy atom. The maximum Gasteiger partial charge on any atom is 0.255 e. The van der Waals surface area contributed by atoms with Crippen molar-refractivity contribution in [1.82, 2.24) is 14.9 Å². The van der Waals surface area contributed by atoms with Crippen LogP contribution < -0.4 is 15.4 Å². The van der Waals surface area contributed by atoms with Crippen molar-refractivity contribution < 1.29 is 14.3 Å². The topological polar surface area (TPSA) is 88.6 Å². The summed E-state index contributed by atoms with van der Waals surface area (Å²) in [6, 6.07) is 19.5. The Morgan fingerprint density at radius 3 is 2.68 bits per heavy atom. The van der Waals surface area contributed by atoms with Crippen LogP contribution in [-0.2, 0) is 4.74 Å². The van der Waals surface area contributed by atoms with E-state index in [1.54, 1.807) is 0 Å². The fraction of sp³-hybridized carbons (Fsp3) is 0.364. The number of ether oxygens (including phenoxy) is 2. The highest BCUT2D eigenvalue weighted by molar-refractivity contribution is 6.05. The first kappa shape index (κ1) is 27.2. The van der Waals surface area contributed by atoms with Gasteiger partial charge >= 0.3 is 0 Å². The van der Waals surface area contributed by atoms with Crippen molar-refractivity contribution in [2.45, 2.75) is 26.2 Å². The Labute approximate surface area is 241 Å². The molecular formula is C33H37N5O3. The number of fused-ring (bicyclic) bond motifs is 1. The molecule has 1 saturated carbocycles. The van der Waals surface area contributed by atoms with Gasteiger partial charge in [-0.25, -0.2) is 9.97 Å². The number of benzene rings is 3. The predicted octanol–water partition coefficient (Wildman–Crippen LogP) is 5.78. The summed E-state index contributed by atoms with van der Waals surface area (Å²) in [4.78, 5) is 24.8. The molecule has 1 amide bonds. The van der Waals surface area contributed by atoms with Crippen molar-refractivity contribution in [1.29, 1.82) is 0 Å². The van der Waals surface area contributed by atoms with Crippen LogP contribution >= 0.6 is 0 Å². The molecule has 0 spiro atoms. The number of nitrogens with one attached hydrogen (secondary N) is 2. The Bertz CT molecular complexity index is 1500. The van der Waals surface area contributed by atoms with E-state index >= 15 is 0 Å². The van der Waals surface area contributed by atoms with E-state index in [0.29, 0.717) is 17.4 Å². The lowest BCUT2D eigenvalue weighted by Crippen LogP contribution is -2.37. The summed E-state index contributed by atoms with van der Waals surface area (Å²) in [5, 5.41) is 7.32. The molecule has 4 aromatic rings. The number of aromatic nitrogens is 2. The van der Waals surface area contributed by atoms with Gasteiger partial charge in [0, 0.05) is 42.5 Å². The van der Waals surface area contributed by atoms with E-state index in [1.807, 2.05) is 54.7 Å². The molecule has 3 aromatic carbocycles. The highest BCUT2D eigenvalue weighted by Gasteiger charge is 2.21. The molecule has 1 saturated heterocycles. The molecule has 8 nitrogen and oxygen atoms in total. The lowest BCUT2D eigenvalue weighted by Gasteiger charge is -2.26. The molecule has 1 aliphatic heterocycles. The maximum atomic E-state index is 13.1. The number of carbonyl (C=O) groups is 1. The van der Waals surface area contributed by atoms with E-state index in [2.05, 4.69) is 39.6 Å². The zero-order valence-corrected chi connectivity index (χ0v) is 23.6. The average Bonchev–Trinajstić information content (AvgIpc) is 3.84. The lowest BCUT2D eigenvalue weighted by molar-refractivity contribution is 0.0378. The van der Waals surface area contributed by atoms with Crippen LogP contribution in [0.15, 0.2) is 66.9 Å². The van der Waals surface area contributed by atoms with E-state index in [9.17, 15) is 4.79 Å². The Hall–Kier alpha value is -4.01. The summed E-state index contributed by atoms with van der Waals surface area (Å²) in [5.74, 6) is 2.03. The van der Waals surface area contributed by atoms with E-state index in [4.69, 9.17) is 14.5 Å². The smallest absolute Gasteiger partial charge is 0.255 e. The molecule has 6 rings (SSSR count). The quantitative estimate of drug-likeness (QED) is 0.229. The summed E-state index contributed by atoms with van der Waals surface area (Å²) in [6.45, 7) is 8.36. The van der Waals surface area contributed by atoms with Crippen LogP contribution in [0, 0.1) is 12.8 Å². The molecule has 212 valence electrons. The molecule has 2 aliphatic rings. The third-order valence-electron chi connectivity index (χ3n) is 7.72. The molecule has 0 unspecified atom stereocenters. The second-order valence-electron chi connectivity index (χ2n) is 11.0. The van der Waals surface area contributed by atoms with Crippen LogP contribution in [0.4, 0.5) is 11.6 Å². The molecule has 8 heteroatoms. The van der Waals surface area contributed by atoms with E-state index in [0.717, 1.165) is 91.5 Å². The zero-order valence-electron chi connectivity index (χ0n) is 23.6. The predicted molar refractivity (Wildman–Crippen MR) is 163 cm³/mol. The summed E-state index contributed by atoms with van der Waals surface area (Å²) in [5.41, 5.74) is 5.36. The maximum absolute atomic E-state index is 13.1. The van der Waals surface area contributed by atoms with Crippen LogP contribution in [0.1, 0.15) is 35.2 Å². The van der Waals surface area contributed by atoms with Crippen molar-refractivity contribution in [2.24, 2.45) is 5.92 Å². The highest BCUT2D eigenvalue weighted by Crippen LogP contribution is 2.30. The van der Waals surface area contributed by atoms with E-state index in [-0.39, 0.29) is 5.91 Å². The average molecular weight is 552 g/mol. The molecule has 2 heterocycles. The minimum atomic E-state index is -0.147. The normalized spacial score (nSPS) is 15.5. The van der Waals surface area contributed by atoms with Crippen LogP contribution in [0.2, 0.25) is 0 Å². The van der Waals surface area contributed by atoms with Gasteiger partial charge in [0.05, 0.1) is 25.3 Å². The number of morpholine rings is 1. The molecule has 1 aromatic heterocycles. The van der Waals surface area contributed by atoms with Crippen LogP contribution in [-0.4, -0.2) is 66.8 Å². The van der Waals surface area contributed by atoms with Crippen molar-refractivity contribution in [3.05, 3.63) is 78.0 Å². The Morgan fingerprint density at radius 2 is 1.88 bits per heavy atom. The number of aryl methyl sites for hydroxylation is 1. The van der Waals surface area contributed by atoms with Gasteiger partial charge < -0.3 is 20.1 Å². The van der Waals surface area contributed by atoms with E-state index < -0.39 is 0 Å². The van der Waals surface area contributed by atoms with Gasteiger partial charge in [0.1, 0.15) is 5.75 Å². The third-order valence-corrected chi connectivity index (χ3v) is 7.72. The number of hydrogen-bond acceptors (Lipinski definition) is 7. The van der Waals surface area contributed by atoms with Gasteiger partial charge in [-0.15, -0.1) is 0 Å². The number of hydrogen-bond donors (Lipinski definition) is 2. The van der Waals surface area contributed by atoms with Gasteiger partial charge in [-0.1, -0.05) is 12.1 Å². The number of rotatable bonds is 11. The fourth-order valence-electron chi connectivity index (χ4n) is 5.02. The summed E-state index contributed by atoms with van der Waals surface area (Å²) in [7, 11) is 0. The molecule has 0 atom stereocenters. The van der Waals surface area contributed by atoms with Crippen molar-refractivity contribution >= 4 is 28.4 Å². The van der Waals surface area contributed by atoms with Crippen LogP contribution in [0.25, 0.3) is 22.0 Å². The number of nitrogens with zero attached hydrogens (tertiary/aromatic N) is 3. The molecule has 0 bridgehead atoms. The van der Waals surface area contributed by atoms with Crippen molar-refractivity contribution in [3.8, 4) is 16.9 Å². The minimum Gasteiger partial charge on any atom is -0.493 e. The molecule has 2 fully saturated rings. The monoisotopic (exact) mass is 551 g/mol. The molecule has 0 radical (unpaired) electrons. The number of amides is 1. The Balaban J connectivity index is 1.08. The Kier molecular flexibility index (Phi) is 8.39. The second kappa shape index (κ2) is 12.7. The van der Waals surface area contributed by atoms with Gasteiger partial charge in [0.25, 0.3) is 5.91 Å². The van der Waals surface area contributed by atoms with Crippen LogP contribution in [0.5, 0.6) is 5.75 Å². The molecular weight excluding hydrogens is 514 g/mol. The highest BCUT2D eigenvalue weighted by atomic mass is 16.5. The first-order valence-electron chi connectivity index (χ1n) is 14.6. The van der Waals surface area contributed by atoms with Gasteiger partial charge in [0.15, 0.2) is 0 Å². The number of anilines is 2. The third kappa shape index (κ3) is 7.20. The van der Waals surface area contributed by atoms with Gasteiger partial charge in [-0.05, 0) is 104 Å². The second-order valence-corrected chi connectivity index (χ2v) is 11.0. The summed E-state index contributed by atoms with van der Waals surface area (Å²) < 4.78 is 11.2. The zero-order chi connectivity index (χ0) is 28.0. The molecule has 2 N–H and O–H groups in total. The lowest BCUT2D eigenvalue weighted by atomic mass is 9.97. The van der Waals surface area contributed by atoms with Gasteiger partial charge in [0.2, 0.25) is 5.95 Å². The largest absolute Gasteiger partial charge is 0.493 e. The van der Waals surface area contributed by atoms with Gasteiger partial charge in [-0.2, -0.15) is 0 Å². The van der Waals surface area contributed by atoms with Gasteiger partial charge in [-0.3, -0.25) is 9.69 Å². The molecule has 41 heavy (non-hydrogen) atoms. The minimum absolute atomic E-state index is 0.147. The first-order chi connectivity index (χ1) is 20.1. The van der Waals surface area contributed by atoms with Crippen LogP contribution in [0.3, 0.4) is 0 Å². The van der Waals surface area contributed by atoms with Crippen molar-refractivity contribution in [2.75, 3.05) is 56.6 Å². The number of carbonyl (C=O) groups excluding carboxylic acids is 1. The summed E-state index contributed by atoms with van der Waals surface area (Å²) >= 11 is 0. The fourth-order valence-corrected chi connectivity index (χ4v) is 5.02. The summed E-state index contributed by atoms with van der Waals surface area (Å²) in [6.07, 6.45) is 5.41. The first-order valence-corrected chi connectivity index (χ1v) is 14.6. The standard InChI is InChI=1S/C33H37N5O3/c1-23-3-6-26(32(39)36-28-8-10-29(11-9-28)41-22-24-4-5-24)20-30(23)25-7-12-31-27(19-25)21-35-33(37-31)34-13-2-14-38-15-17-40-18-16-38/h3,6-12,19-21,24H,2,4-5,13-18,22H2,1H3,(H,36,39)(H,34,35,37).